The van der Waals surface area contributed by atoms with Gasteiger partial charge in [-0.1, -0.05) is 6.07 Å². The van der Waals surface area contributed by atoms with E-state index >= 15 is 0 Å². The molecule has 0 spiro atoms. The Balaban J connectivity index is 1.58. The van der Waals surface area contributed by atoms with Crippen LogP contribution in [-0.4, -0.2) is 34.1 Å². The molecule has 1 fully saturated rings. The molecular formula is C18H21F2N3O. The molecule has 24 heavy (non-hydrogen) atoms. The van der Waals surface area contributed by atoms with Crippen LogP contribution in [0, 0.1) is 24.5 Å². The van der Waals surface area contributed by atoms with Crippen LogP contribution in [0.15, 0.2) is 24.4 Å². The molecule has 0 saturated carbocycles. The highest BCUT2D eigenvalue weighted by atomic mass is 19.2. The molecule has 1 amide bonds. The van der Waals surface area contributed by atoms with E-state index < -0.39 is 11.6 Å². The van der Waals surface area contributed by atoms with Crippen molar-refractivity contribution in [3.63, 3.8) is 0 Å². The number of aromatic amines is 1. The van der Waals surface area contributed by atoms with Gasteiger partial charge < -0.3 is 4.90 Å². The summed E-state index contributed by atoms with van der Waals surface area (Å²) >= 11 is 0. The van der Waals surface area contributed by atoms with Gasteiger partial charge in [0.1, 0.15) is 0 Å². The number of amides is 1. The van der Waals surface area contributed by atoms with Gasteiger partial charge in [-0.05, 0) is 56.2 Å². The minimum atomic E-state index is -0.816. The maximum absolute atomic E-state index is 13.3. The fourth-order valence-electron chi connectivity index (χ4n) is 3.29. The van der Waals surface area contributed by atoms with E-state index in [1.165, 1.54) is 12.1 Å². The van der Waals surface area contributed by atoms with E-state index in [0.29, 0.717) is 24.4 Å². The average molecular weight is 333 g/mol. The number of nitrogens with zero attached hydrogens (tertiary/aromatic N) is 2. The Labute approximate surface area is 139 Å². The van der Waals surface area contributed by atoms with E-state index in [-0.39, 0.29) is 5.91 Å². The normalized spacial score (nSPS) is 18.0. The molecule has 0 bridgehead atoms. The third-order valence-electron chi connectivity index (χ3n) is 4.69. The summed E-state index contributed by atoms with van der Waals surface area (Å²) in [5.74, 6) is -1.23. The smallest absolute Gasteiger partial charge is 0.257 e. The van der Waals surface area contributed by atoms with Crippen LogP contribution in [0.3, 0.4) is 0 Å². The molecule has 2 heterocycles. The Bertz CT molecular complexity index is 729. The standard InChI is InChI=1S/C18H21F2N3O/c1-12-15(10-21-22-12)18(24)23-8-2-3-14(11-23)5-4-13-6-7-16(19)17(20)9-13/h6-7,9-10,14H,2-5,8,11H2,1H3,(H,21,22)/t14-/m0/s1. The Kier molecular flexibility index (Phi) is 4.92. The molecule has 1 atom stereocenters. The van der Waals surface area contributed by atoms with Crippen molar-refractivity contribution >= 4 is 5.91 Å². The maximum atomic E-state index is 13.3. The minimum Gasteiger partial charge on any atom is -0.338 e. The van der Waals surface area contributed by atoms with Gasteiger partial charge in [0.25, 0.3) is 5.91 Å². The Morgan fingerprint density at radius 1 is 1.38 bits per heavy atom. The Morgan fingerprint density at radius 2 is 2.21 bits per heavy atom. The van der Waals surface area contributed by atoms with E-state index in [4.69, 9.17) is 0 Å². The molecule has 1 aromatic carbocycles. The number of aryl methyl sites for hydroxylation is 2. The molecule has 1 aromatic heterocycles. The van der Waals surface area contributed by atoms with Crippen LogP contribution < -0.4 is 0 Å². The van der Waals surface area contributed by atoms with Crippen molar-refractivity contribution in [3.05, 3.63) is 52.9 Å². The van der Waals surface area contributed by atoms with Gasteiger partial charge in [0.2, 0.25) is 0 Å². The summed E-state index contributed by atoms with van der Waals surface area (Å²) in [6.07, 6.45) is 5.14. The van der Waals surface area contributed by atoms with E-state index in [0.717, 1.165) is 37.1 Å². The molecule has 4 nitrogen and oxygen atoms in total. The molecular weight excluding hydrogens is 312 g/mol. The van der Waals surface area contributed by atoms with Crippen molar-refractivity contribution in [2.24, 2.45) is 5.92 Å². The molecule has 1 saturated heterocycles. The lowest BCUT2D eigenvalue weighted by Crippen LogP contribution is -2.40. The summed E-state index contributed by atoms with van der Waals surface area (Å²) in [7, 11) is 0. The minimum absolute atomic E-state index is 0.0128. The SMILES string of the molecule is Cc1[nH]ncc1C(=O)N1CCC[C@@H](CCc2ccc(F)c(F)c2)C1. The van der Waals surface area contributed by atoms with Crippen LogP contribution in [-0.2, 0) is 6.42 Å². The fraction of sp³-hybridized carbons (Fsp3) is 0.444. The lowest BCUT2D eigenvalue weighted by molar-refractivity contribution is 0.0667. The van der Waals surface area contributed by atoms with E-state index in [1.807, 2.05) is 11.8 Å². The zero-order valence-corrected chi connectivity index (χ0v) is 13.7. The monoisotopic (exact) mass is 333 g/mol. The first-order valence-electron chi connectivity index (χ1n) is 8.27. The number of piperidine rings is 1. The van der Waals surface area contributed by atoms with Crippen molar-refractivity contribution in [1.29, 1.82) is 0 Å². The number of carbonyl (C=O) groups excluding carboxylic acids is 1. The predicted molar refractivity (Wildman–Crippen MR) is 86.6 cm³/mol. The van der Waals surface area contributed by atoms with Crippen LogP contribution >= 0.6 is 0 Å². The van der Waals surface area contributed by atoms with Crippen molar-refractivity contribution < 1.29 is 13.6 Å². The molecule has 1 N–H and O–H groups in total. The summed E-state index contributed by atoms with van der Waals surface area (Å²) in [4.78, 5) is 14.4. The summed E-state index contributed by atoms with van der Waals surface area (Å²) in [5, 5.41) is 6.70. The van der Waals surface area contributed by atoms with Crippen LogP contribution in [0.2, 0.25) is 0 Å². The van der Waals surface area contributed by atoms with E-state index in [2.05, 4.69) is 10.2 Å². The Morgan fingerprint density at radius 3 is 2.92 bits per heavy atom. The van der Waals surface area contributed by atoms with E-state index in [9.17, 15) is 13.6 Å². The Hall–Kier alpha value is -2.24. The summed E-state index contributed by atoms with van der Waals surface area (Å²) in [6.45, 7) is 3.29. The predicted octanol–water partition coefficient (Wildman–Crippen LogP) is 3.48. The summed E-state index contributed by atoms with van der Waals surface area (Å²) in [5.41, 5.74) is 2.20. The second-order valence-corrected chi connectivity index (χ2v) is 6.46. The number of rotatable bonds is 4. The van der Waals surface area contributed by atoms with Gasteiger partial charge in [-0.3, -0.25) is 9.89 Å². The van der Waals surface area contributed by atoms with Crippen LogP contribution in [0.4, 0.5) is 8.78 Å². The van der Waals surface area contributed by atoms with Crippen LogP contribution in [0.25, 0.3) is 0 Å². The fourth-order valence-corrected chi connectivity index (χ4v) is 3.29. The van der Waals surface area contributed by atoms with Gasteiger partial charge in [0.05, 0.1) is 11.8 Å². The van der Waals surface area contributed by atoms with Gasteiger partial charge in [-0.15, -0.1) is 0 Å². The van der Waals surface area contributed by atoms with Gasteiger partial charge in [-0.2, -0.15) is 5.10 Å². The van der Waals surface area contributed by atoms with Crippen molar-refractivity contribution in [2.75, 3.05) is 13.1 Å². The molecule has 6 heteroatoms. The number of hydrogen-bond donors (Lipinski definition) is 1. The number of aromatic nitrogens is 2. The molecule has 128 valence electrons. The van der Waals surface area contributed by atoms with Gasteiger partial charge >= 0.3 is 0 Å². The lowest BCUT2D eigenvalue weighted by Gasteiger charge is -2.32. The van der Waals surface area contributed by atoms with Gasteiger partial charge in [0, 0.05) is 18.8 Å². The van der Waals surface area contributed by atoms with Gasteiger partial charge in [-0.25, -0.2) is 8.78 Å². The van der Waals surface area contributed by atoms with Crippen LogP contribution in [0.5, 0.6) is 0 Å². The second kappa shape index (κ2) is 7.11. The van der Waals surface area contributed by atoms with Crippen molar-refractivity contribution in [2.45, 2.75) is 32.6 Å². The highest BCUT2D eigenvalue weighted by Gasteiger charge is 2.25. The highest BCUT2D eigenvalue weighted by Crippen LogP contribution is 2.23. The third kappa shape index (κ3) is 3.63. The van der Waals surface area contributed by atoms with E-state index in [1.54, 1.807) is 12.3 Å². The third-order valence-corrected chi connectivity index (χ3v) is 4.69. The average Bonchev–Trinajstić information content (AvgIpc) is 3.01. The molecule has 0 unspecified atom stereocenters. The van der Waals surface area contributed by atoms with Crippen molar-refractivity contribution in [1.82, 2.24) is 15.1 Å². The lowest BCUT2D eigenvalue weighted by atomic mass is 9.91. The molecule has 1 aliphatic rings. The molecule has 0 radical (unpaired) electrons. The number of benzene rings is 1. The molecule has 0 aliphatic carbocycles. The number of likely N-dealkylation sites (tertiary alicyclic amines) is 1. The molecule has 3 rings (SSSR count). The first kappa shape index (κ1) is 16.6. The largest absolute Gasteiger partial charge is 0.338 e. The quantitative estimate of drug-likeness (QED) is 0.931. The van der Waals surface area contributed by atoms with Gasteiger partial charge in [0.15, 0.2) is 11.6 Å². The maximum Gasteiger partial charge on any atom is 0.257 e. The number of carbonyl (C=O) groups is 1. The summed E-state index contributed by atoms with van der Waals surface area (Å²) < 4.78 is 26.2. The first-order valence-corrected chi connectivity index (χ1v) is 8.27. The van der Waals surface area contributed by atoms with Crippen LogP contribution in [0.1, 0.15) is 40.9 Å². The number of halogens is 2. The molecule has 1 aliphatic heterocycles. The number of nitrogens with one attached hydrogen (secondary N) is 1. The zero-order valence-electron chi connectivity index (χ0n) is 13.7. The zero-order chi connectivity index (χ0) is 17.1. The highest BCUT2D eigenvalue weighted by molar-refractivity contribution is 5.95. The number of hydrogen-bond acceptors (Lipinski definition) is 2. The molecule has 2 aromatic rings. The second-order valence-electron chi connectivity index (χ2n) is 6.46. The number of H-pyrrole nitrogens is 1. The topological polar surface area (TPSA) is 49.0 Å². The first-order chi connectivity index (χ1) is 11.5. The van der Waals surface area contributed by atoms with Crippen molar-refractivity contribution in [3.8, 4) is 0 Å². The summed E-state index contributed by atoms with van der Waals surface area (Å²) in [6, 6.07) is 4.05.